The highest BCUT2D eigenvalue weighted by atomic mass is 16.5. The van der Waals surface area contributed by atoms with Crippen LogP contribution in [0.1, 0.15) is 29.6 Å². The number of fused-ring (bicyclic) bond motifs is 1. The smallest absolute Gasteiger partial charge is 0.337 e. The molecule has 2 aliphatic rings. The van der Waals surface area contributed by atoms with Gasteiger partial charge in [0, 0.05) is 0 Å². The lowest BCUT2D eigenvalue weighted by molar-refractivity contribution is -0.122. The molecule has 0 radical (unpaired) electrons. The van der Waals surface area contributed by atoms with Crippen molar-refractivity contribution in [2.75, 3.05) is 12.0 Å². The second-order valence-electron chi connectivity index (χ2n) is 5.34. The van der Waals surface area contributed by atoms with Gasteiger partial charge in [-0.15, -0.1) is 0 Å². The van der Waals surface area contributed by atoms with Gasteiger partial charge in [0.15, 0.2) is 0 Å². The minimum Gasteiger partial charge on any atom is -0.497 e. The predicted molar refractivity (Wildman–Crippen MR) is 73.3 cm³/mol. The zero-order chi connectivity index (χ0) is 15.1. The van der Waals surface area contributed by atoms with Gasteiger partial charge in [-0.2, -0.15) is 0 Å². The van der Waals surface area contributed by atoms with Crippen LogP contribution >= 0.6 is 0 Å². The van der Waals surface area contributed by atoms with Crippen LogP contribution in [0.4, 0.5) is 5.69 Å². The number of carbonyl (C=O) groups is 3. The molecule has 0 spiro atoms. The number of aromatic carboxylic acids is 1. The van der Waals surface area contributed by atoms with Crippen LogP contribution in [-0.2, 0) is 9.59 Å². The summed E-state index contributed by atoms with van der Waals surface area (Å²) in [7, 11) is 1.43. The van der Waals surface area contributed by atoms with E-state index in [1.165, 1.54) is 19.2 Å². The number of methoxy groups -OCH3 is 1. The number of benzene rings is 1. The van der Waals surface area contributed by atoms with Gasteiger partial charge < -0.3 is 9.84 Å². The number of imide groups is 1. The number of rotatable bonds is 3. The highest BCUT2D eigenvalue weighted by Crippen LogP contribution is 2.42. The molecule has 2 atom stereocenters. The second kappa shape index (κ2) is 4.87. The maximum absolute atomic E-state index is 12.4. The molecule has 2 unspecified atom stereocenters. The Morgan fingerprint density at radius 2 is 1.86 bits per heavy atom. The van der Waals surface area contributed by atoms with Crippen molar-refractivity contribution in [2.24, 2.45) is 11.8 Å². The van der Waals surface area contributed by atoms with Crippen LogP contribution in [0.25, 0.3) is 0 Å². The fourth-order valence-corrected chi connectivity index (χ4v) is 3.24. The van der Waals surface area contributed by atoms with Crippen LogP contribution in [0.2, 0.25) is 0 Å². The Labute approximate surface area is 121 Å². The molecular weight excluding hydrogens is 274 g/mol. The van der Waals surface area contributed by atoms with Crippen molar-refractivity contribution in [1.82, 2.24) is 0 Å². The Morgan fingerprint density at radius 3 is 2.38 bits per heavy atom. The number of carboxylic acids is 1. The first-order valence-electron chi connectivity index (χ1n) is 6.83. The van der Waals surface area contributed by atoms with E-state index in [0.29, 0.717) is 18.6 Å². The highest BCUT2D eigenvalue weighted by Gasteiger charge is 2.50. The first kappa shape index (κ1) is 13.6. The summed E-state index contributed by atoms with van der Waals surface area (Å²) in [4.78, 5) is 37.3. The zero-order valence-electron chi connectivity index (χ0n) is 11.5. The van der Waals surface area contributed by atoms with Crippen molar-refractivity contribution >= 4 is 23.5 Å². The average molecular weight is 289 g/mol. The molecule has 1 aliphatic heterocycles. The summed E-state index contributed by atoms with van der Waals surface area (Å²) >= 11 is 0. The Bertz CT molecular complexity index is 617. The van der Waals surface area contributed by atoms with E-state index < -0.39 is 5.97 Å². The summed E-state index contributed by atoms with van der Waals surface area (Å²) in [6, 6.07) is 4.34. The third-order valence-electron chi connectivity index (χ3n) is 4.27. The predicted octanol–water partition coefficient (Wildman–Crippen LogP) is 1.68. The summed E-state index contributed by atoms with van der Waals surface area (Å²) in [6.45, 7) is 0. The number of carboxylic acid groups (broad SMARTS) is 1. The van der Waals surface area contributed by atoms with E-state index in [-0.39, 0.29) is 34.9 Å². The van der Waals surface area contributed by atoms with Crippen LogP contribution in [0, 0.1) is 11.8 Å². The maximum Gasteiger partial charge on any atom is 0.337 e. The molecule has 0 bridgehead atoms. The van der Waals surface area contributed by atoms with Gasteiger partial charge in [-0.3, -0.25) is 9.59 Å². The summed E-state index contributed by atoms with van der Waals surface area (Å²) in [5.41, 5.74) is 0.0312. The van der Waals surface area contributed by atoms with Gasteiger partial charge in [-0.05, 0) is 31.0 Å². The van der Waals surface area contributed by atoms with Gasteiger partial charge in [0.25, 0.3) is 0 Å². The molecule has 6 nitrogen and oxygen atoms in total. The van der Waals surface area contributed by atoms with E-state index in [1.807, 2.05) is 0 Å². The standard InChI is InChI=1S/C15H15NO5/c1-21-8-5-6-12(11(7-8)15(19)20)16-13(17)9-3-2-4-10(9)14(16)18/h5-7,9-10H,2-4H2,1H3,(H,19,20). The first-order chi connectivity index (χ1) is 10.0. The van der Waals surface area contributed by atoms with Crippen LogP contribution in [0.3, 0.4) is 0 Å². The van der Waals surface area contributed by atoms with Crippen LogP contribution in [0.15, 0.2) is 18.2 Å². The van der Waals surface area contributed by atoms with Gasteiger partial charge in [0.1, 0.15) is 5.75 Å². The average Bonchev–Trinajstić information content (AvgIpc) is 3.03. The van der Waals surface area contributed by atoms with Crippen LogP contribution in [-0.4, -0.2) is 30.0 Å². The molecule has 6 heteroatoms. The number of carbonyl (C=O) groups excluding carboxylic acids is 2. The lowest BCUT2D eigenvalue weighted by Crippen LogP contribution is -2.33. The molecule has 1 N–H and O–H groups in total. The normalized spacial score (nSPS) is 24.3. The van der Waals surface area contributed by atoms with Gasteiger partial charge >= 0.3 is 5.97 Å². The molecule has 110 valence electrons. The van der Waals surface area contributed by atoms with Gasteiger partial charge in [0.2, 0.25) is 11.8 Å². The summed E-state index contributed by atoms with van der Waals surface area (Å²) < 4.78 is 5.00. The molecule has 2 fully saturated rings. The first-order valence-corrected chi connectivity index (χ1v) is 6.83. The van der Waals surface area contributed by atoms with Crippen molar-refractivity contribution in [1.29, 1.82) is 0 Å². The fourth-order valence-electron chi connectivity index (χ4n) is 3.24. The van der Waals surface area contributed by atoms with Crippen molar-refractivity contribution in [2.45, 2.75) is 19.3 Å². The molecule has 1 aromatic carbocycles. The SMILES string of the molecule is COc1ccc(N2C(=O)C3CCCC3C2=O)c(C(=O)O)c1. The number of amides is 2. The van der Waals surface area contributed by atoms with E-state index in [2.05, 4.69) is 0 Å². The summed E-state index contributed by atoms with van der Waals surface area (Å²) in [5.74, 6) is -1.97. The van der Waals surface area contributed by atoms with E-state index in [0.717, 1.165) is 11.3 Å². The molecule has 3 rings (SSSR count). The molecule has 0 aromatic heterocycles. The Morgan fingerprint density at radius 1 is 1.24 bits per heavy atom. The third-order valence-corrected chi connectivity index (χ3v) is 4.27. The molecule has 2 amide bonds. The molecule has 1 heterocycles. The monoisotopic (exact) mass is 289 g/mol. The number of nitrogens with zero attached hydrogens (tertiary/aromatic N) is 1. The molecule has 1 saturated heterocycles. The van der Waals surface area contributed by atoms with Crippen molar-refractivity contribution < 1.29 is 24.2 Å². The van der Waals surface area contributed by atoms with Crippen molar-refractivity contribution in [3.63, 3.8) is 0 Å². The minimum atomic E-state index is -1.19. The molecule has 1 aromatic rings. The minimum absolute atomic E-state index is 0.101. The second-order valence-corrected chi connectivity index (χ2v) is 5.34. The number of anilines is 1. The maximum atomic E-state index is 12.4. The van der Waals surface area contributed by atoms with Crippen molar-refractivity contribution in [3.8, 4) is 5.75 Å². The number of hydrogen-bond acceptors (Lipinski definition) is 4. The van der Waals surface area contributed by atoms with Gasteiger partial charge in [0.05, 0.1) is 30.2 Å². The van der Waals surface area contributed by atoms with Gasteiger partial charge in [-0.1, -0.05) is 6.42 Å². The summed E-state index contributed by atoms with van der Waals surface area (Å²) in [5, 5.41) is 9.32. The van der Waals surface area contributed by atoms with Gasteiger partial charge in [-0.25, -0.2) is 9.69 Å². The summed E-state index contributed by atoms with van der Waals surface area (Å²) in [6.07, 6.45) is 2.27. The Hall–Kier alpha value is -2.37. The Balaban J connectivity index is 2.06. The van der Waals surface area contributed by atoms with E-state index in [4.69, 9.17) is 4.74 Å². The third kappa shape index (κ3) is 1.98. The van der Waals surface area contributed by atoms with Crippen LogP contribution in [0.5, 0.6) is 5.75 Å². The number of ether oxygens (including phenoxy) is 1. The molecular formula is C15H15NO5. The molecule has 1 aliphatic carbocycles. The van der Waals surface area contributed by atoms with Crippen molar-refractivity contribution in [3.05, 3.63) is 23.8 Å². The zero-order valence-corrected chi connectivity index (χ0v) is 11.5. The fraction of sp³-hybridized carbons (Fsp3) is 0.400. The van der Waals surface area contributed by atoms with E-state index in [1.54, 1.807) is 6.07 Å². The molecule has 21 heavy (non-hydrogen) atoms. The lowest BCUT2D eigenvalue weighted by atomic mass is 10.00. The van der Waals surface area contributed by atoms with E-state index >= 15 is 0 Å². The quantitative estimate of drug-likeness (QED) is 0.856. The number of hydrogen-bond donors (Lipinski definition) is 1. The van der Waals surface area contributed by atoms with E-state index in [9.17, 15) is 19.5 Å². The Kier molecular flexibility index (Phi) is 3.16. The molecule has 1 saturated carbocycles. The lowest BCUT2D eigenvalue weighted by Gasteiger charge is -2.18. The van der Waals surface area contributed by atoms with Crippen LogP contribution < -0.4 is 9.64 Å². The largest absolute Gasteiger partial charge is 0.497 e. The topological polar surface area (TPSA) is 83.9 Å². The highest BCUT2D eigenvalue weighted by molar-refractivity contribution is 6.24.